The van der Waals surface area contributed by atoms with Gasteiger partial charge in [0.2, 0.25) is 0 Å². The van der Waals surface area contributed by atoms with E-state index in [2.05, 4.69) is 13.2 Å². The Morgan fingerprint density at radius 1 is 1.29 bits per heavy atom. The van der Waals surface area contributed by atoms with E-state index in [1.165, 1.54) is 0 Å². The molecule has 2 nitrogen and oxygen atoms in total. The number of rotatable bonds is 5. The highest BCUT2D eigenvalue weighted by molar-refractivity contribution is 6.17. The predicted octanol–water partition coefficient (Wildman–Crippen LogP) is 2.88. The molecule has 14 heavy (non-hydrogen) atoms. The van der Waals surface area contributed by atoms with Crippen molar-refractivity contribution in [2.45, 2.75) is 37.8 Å². The van der Waals surface area contributed by atoms with E-state index in [9.17, 15) is 0 Å². The van der Waals surface area contributed by atoms with Gasteiger partial charge in [0.1, 0.15) is 12.2 Å². The van der Waals surface area contributed by atoms with Crippen LogP contribution in [0.2, 0.25) is 0 Å². The molecule has 3 heteroatoms. The van der Waals surface area contributed by atoms with Crippen molar-refractivity contribution in [3.8, 4) is 0 Å². The first-order valence-electron chi connectivity index (χ1n) is 4.82. The number of halogens is 1. The normalized spacial score (nSPS) is 30.1. The lowest BCUT2D eigenvalue weighted by Gasteiger charge is -2.22. The topological polar surface area (TPSA) is 18.5 Å². The molecule has 0 amide bonds. The van der Waals surface area contributed by atoms with E-state index in [1.807, 2.05) is 6.92 Å². The standard InChI is InChI=1S/C11H17ClO2/c1-4-9-10(5-2)14-11(3,13-9)7-6-8-12/h4-5,9-10H,1-2,6-8H2,3H3/t9-,10-/m1/s1. The quantitative estimate of drug-likeness (QED) is 0.520. The average Bonchev–Trinajstić information content (AvgIpc) is 2.53. The van der Waals surface area contributed by atoms with E-state index in [0.29, 0.717) is 5.88 Å². The second-order valence-corrected chi connectivity index (χ2v) is 3.94. The van der Waals surface area contributed by atoms with E-state index in [-0.39, 0.29) is 12.2 Å². The van der Waals surface area contributed by atoms with Crippen LogP contribution in [0.15, 0.2) is 25.3 Å². The summed E-state index contributed by atoms with van der Waals surface area (Å²) in [7, 11) is 0. The number of hydrogen-bond donors (Lipinski definition) is 0. The fourth-order valence-electron chi connectivity index (χ4n) is 1.61. The van der Waals surface area contributed by atoms with E-state index in [1.54, 1.807) is 12.2 Å². The monoisotopic (exact) mass is 216 g/mol. The van der Waals surface area contributed by atoms with Gasteiger partial charge in [-0.25, -0.2) is 0 Å². The van der Waals surface area contributed by atoms with Gasteiger partial charge in [-0.05, 0) is 13.3 Å². The molecule has 0 bridgehead atoms. The molecule has 2 atom stereocenters. The third kappa shape index (κ3) is 2.59. The fourth-order valence-corrected chi connectivity index (χ4v) is 1.74. The molecule has 1 fully saturated rings. The number of ether oxygens (including phenoxy) is 2. The molecule has 0 N–H and O–H groups in total. The Balaban J connectivity index is 2.58. The Kier molecular flexibility index (Phi) is 4.17. The van der Waals surface area contributed by atoms with Crippen molar-refractivity contribution in [2.24, 2.45) is 0 Å². The SMILES string of the molecule is C=C[C@H]1OC(C)(CCCCl)O[C@@H]1C=C. The van der Waals surface area contributed by atoms with Crippen LogP contribution < -0.4 is 0 Å². The summed E-state index contributed by atoms with van der Waals surface area (Å²) >= 11 is 5.63. The van der Waals surface area contributed by atoms with Crippen molar-refractivity contribution in [3.63, 3.8) is 0 Å². The van der Waals surface area contributed by atoms with Crippen LogP contribution >= 0.6 is 11.6 Å². The minimum atomic E-state index is -0.535. The molecule has 0 aliphatic carbocycles. The molecule has 0 aromatic carbocycles. The molecule has 1 saturated heterocycles. The number of alkyl halides is 1. The lowest BCUT2D eigenvalue weighted by Crippen LogP contribution is -2.26. The summed E-state index contributed by atoms with van der Waals surface area (Å²) in [6.07, 6.45) is 4.99. The van der Waals surface area contributed by atoms with Gasteiger partial charge in [-0.2, -0.15) is 0 Å². The van der Waals surface area contributed by atoms with Crippen LogP contribution in [0.5, 0.6) is 0 Å². The summed E-state index contributed by atoms with van der Waals surface area (Å²) < 4.78 is 11.5. The molecule has 1 heterocycles. The van der Waals surface area contributed by atoms with Gasteiger partial charge in [0, 0.05) is 12.3 Å². The van der Waals surface area contributed by atoms with Gasteiger partial charge in [0.25, 0.3) is 0 Å². The first-order chi connectivity index (χ1) is 6.65. The molecule has 1 aliphatic rings. The maximum absolute atomic E-state index is 5.73. The first-order valence-corrected chi connectivity index (χ1v) is 5.35. The maximum atomic E-state index is 5.73. The van der Waals surface area contributed by atoms with Crippen molar-refractivity contribution >= 4 is 11.6 Å². The summed E-state index contributed by atoms with van der Waals surface area (Å²) in [5.74, 6) is 0.0897. The van der Waals surface area contributed by atoms with Gasteiger partial charge < -0.3 is 9.47 Å². The summed E-state index contributed by atoms with van der Waals surface area (Å²) in [5.41, 5.74) is 0. The van der Waals surface area contributed by atoms with Gasteiger partial charge in [-0.3, -0.25) is 0 Å². The lowest BCUT2D eigenvalue weighted by molar-refractivity contribution is -0.159. The lowest BCUT2D eigenvalue weighted by atomic mass is 10.2. The van der Waals surface area contributed by atoms with Crippen LogP contribution in [-0.2, 0) is 9.47 Å². The van der Waals surface area contributed by atoms with E-state index in [4.69, 9.17) is 21.1 Å². The van der Waals surface area contributed by atoms with Crippen LogP contribution in [0.3, 0.4) is 0 Å². The zero-order valence-electron chi connectivity index (χ0n) is 8.54. The summed E-state index contributed by atoms with van der Waals surface area (Å²) in [4.78, 5) is 0. The van der Waals surface area contributed by atoms with Gasteiger partial charge >= 0.3 is 0 Å². The van der Waals surface area contributed by atoms with Crippen LogP contribution in [0.4, 0.5) is 0 Å². The molecular weight excluding hydrogens is 200 g/mol. The van der Waals surface area contributed by atoms with Crippen molar-refractivity contribution in [3.05, 3.63) is 25.3 Å². The molecule has 0 unspecified atom stereocenters. The maximum Gasteiger partial charge on any atom is 0.167 e. The molecule has 0 aromatic heterocycles. The Labute approximate surface area is 90.5 Å². The molecular formula is C11H17ClO2. The van der Waals surface area contributed by atoms with Gasteiger partial charge in [-0.15, -0.1) is 24.8 Å². The molecule has 0 saturated carbocycles. The van der Waals surface area contributed by atoms with Gasteiger partial charge in [0.05, 0.1) is 0 Å². The highest BCUT2D eigenvalue weighted by atomic mass is 35.5. The van der Waals surface area contributed by atoms with E-state index in [0.717, 1.165) is 12.8 Å². The largest absolute Gasteiger partial charge is 0.340 e. The second-order valence-electron chi connectivity index (χ2n) is 3.56. The molecule has 80 valence electrons. The third-order valence-electron chi connectivity index (χ3n) is 2.32. The smallest absolute Gasteiger partial charge is 0.167 e. The predicted molar refractivity (Wildman–Crippen MR) is 58.5 cm³/mol. The summed E-state index contributed by atoms with van der Waals surface area (Å²) in [6.45, 7) is 9.35. The van der Waals surface area contributed by atoms with Crippen LogP contribution in [-0.4, -0.2) is 23.9 Å². The van der Waals surface area contributed by atoms with Crippen molar-refractivity contribution in [2.75, 3.05) is 5.88 Å². The van der Waals surface area contributed by atoms with Crippen LogP contribution in [0.25, 0.3) is 0 Å². The first kappa shape index (κ1) is 11.8. The fraction of sp³-hybridized carbons (Fsp3) is 0.636. The average molecular weight is 217 g/mol. The van der Waals surface area contributed by atoms with E-state index >= 15 is 0 Å². The van der Waals surface area contributed by atoms with Crippen LogP contribution in [0.1, 0.15) is 19.8 Å². The van der Waals surface area contributed by atoms with Crippen molar-refractivity contribution in [1.29, 1.82) is 0 Å². The highest BCUT2D eigenvalue weighted by Crippen LogP contribution is 2.33. The zero-order chi connectivity index (χ0) is 10.6. The second kappa shape index (κ2) is 4.96. The Morgan fingerprint density at radius 2 is 1.79 bits per heavy atom. The zero-order valence-corrected chi connectivity index (χ0v) is 9.30. The summed E-state index contributed by atoms with van der Waals surface area (Å²) in [6, 6.07) is 0. The van der Waals surface area contributed by atoms with Gasteiger partial charge in [0.15, 0.2) is 5.79 Å². The van der Waals surface area contributed by atoms with Crippen LogP contribution in [0, 0.1) is 0 Å². The number of hydrogen-bond acceptors (Lipinski definition) is 2. The minimum Gasteiger partial charge on any atom is -0.340 e. The molecule has 1 rings (SSSR count). The van der Waals surface area contributed by atoms with E-state index < -0.39 is 5.79 Å². The molecule has 0 spiro atoms. The van der Waals surface area contributed by atoms with Crippen molar-refractivity contribution in [1.82, 2.24) is 0 Å². The summed E-state index contributed by atoms with van der Waals surface area (Å²) in [5, 5.41) is 0. The Bertz CT molecular complexity index is 199. The molecule has 0 radical (unpaired) electrons. The third-order valence-corrected chi connectivity index (χ3v) is 2.59. The van der Waals surface area contributed by atoms with Gasteiger partial charge in [-0.1, -0.05) is 12.2 Å². The molecule has 1 aliphatic heterocycles. The highest BCUT2D eigenvalue weighted by Gasteiger charge is 2.40. The van der Waals surface area contributed by atoms with Crippen molar-refractivity contribution < 1.29 is 9.47 Å². The molecule has 0 aromatic rings. The Hall–Kier alpha value is -0.310. The minimum absolute atomic E-state index is 0.0900. The Morgan fingerprint density at radius 3 is 2.14 bits per heavy atom.